The van der Waals surface area contributed by atoms with Crippen LogP contribution in [0.3, 0.4) is 0 Å². The maximum absolute atomic E-state index is 12.5. The Morgan fingerprint density at radius 3 is 2.31 bits per heavy atom. The van der Waals surface area contributed by atoms with Crippen molar-refractivity contribution in [2.24, 2.45) is 0 Å². The van der Waals surface area contributed by atoms with Crippen molar-refractivity contribution in [3.8, 4) is 0 Å². The lowest BCUT2D eigenvalue weighted by molar-refractivity contribution is 0.00578. The number of carbonyl (C=O) groups excluding carboxylic acids is 1. The first-order valence-electron chi connectivity index (χ1n) is 9.29. The number of ether oxygens (including phenoxy) is 1. The molecule has 0 spiro atoms. The topological polar surface area (TPSA) is 48.0 Å². The highest BCUT2D eigenvalue weighted by Gasteiger charge is 2.52. The molecule has 1 aromatic rings. The monoisotopic (exact) mass is 359 g/mol. The van der Waals surface area contributed by atoms with Gasteiger partial charge in [0.1, 0.15) is 5.60 Å². The fraction of sp³-hybridized carbons (Fsp3) is 0.650. The second-order valence-electron chi connectivity index (χ2n) is 9.33. The number of hydrogen-bond acceptors (Lipinski definition) is 4. The fourth-order valence-electron chi connectivity index (χ4n) is 3.33. The van der Waals surface area contributed by atoms with Crippen molar-refractivity contribution in [3.05, 3.63) is 29.3 Å². The van der Waals surface area contributed by atoms with Crippen molar-refractivity contribution in [3.63, 3.8) is 0 Å². The molecule has 0 aliphatic carbocycles. The van der Waals surface area contributed by atoms with E-state index in [1.54, 1.807) is 4.90 Å². The quantitative estimate of drug-likeness (QED) is 0.716. The van der Waals surface area contributed by atoms with E-state index in [1.165, 1.54) is 0 Å². The molecular weight excluding hydrogens is 329 g/mol. The van der Waals surface area contributed by atoms with E-state index in [0.29, 0.717) is 6.54 Å². The number of amides is 1. The maximum atomic E-state index is 12.5. The third-order valence-corrected chi connectivity index (χ3v) is 5.58. The van der Waals surface area contributed by atoms with Gasteiger partial charge in [-0.1, -0.05) is 18.2 Å². The van der Waals surface area contributed by atoms with Crippen molar-refractivity contribution in [2.75, 3.05) is 0 Å². The molecule has 3 rings (SSSR count). The van der Waals surface area contributed by atoms with Crippen molar-refractivity contribution in [1.29, 1.82) is 0 Å². The summed E-state index contributed by atoms with van der Waals surface area (Å²) in [5.41, 5.74) is 2.02. The van der Waals surface area contributed by atoms with Crippen LogP contribution in [-0.2, 0) is 20.6 Å². The van der Waals surface area contributed by atoms with Crippen LogP contribution in [0.25, 0.3) is 0 Å². The molecule has 0 aromatic heterocycles. The van der Waals surface area contributed by atoms with E-state index in [4.69, 9.17) is 14.0 Å². The van der Waals surface area contributed by atoms with E-state index in [9.17, 15) is 4.79 Å². The summed E-state index contributed by atoms with van der Waals surface area (Å²) in [4.78, 5) is 14.3. The van der Waals surface area contributed by atoms with E-state index in [2.05, 4.69) is 12.1 Å². The van der Waals surface area contributed by atoms with Gasteiger partial charge in [0.2, 0.25) is 0 Å². The van der Waals surface area contributed by atoms with Gasteiger partial charge in [-0.3, -0.25) is 4.90 Å². The predicted octanol–water partition coefficient (Wildman–Crippen LogP) is 3.80. The number of rotatable bonds is 1. The Morgan fingerprint density at radius 1 is 1.19 bits per heavy atom. The molecule has 0 saturated carbocycles. The molecule has 0 radical (unpaired) electrons. The first kappa shape index (κ1) is 19.2. The number of carbonyl (C=O) groups is 1. The minimum atomic E-state index is -0.501. The van der Waals surface area contributed by atoms with Gasteiger partial charge in [0, 0.05) is 6.54 Å². The number of fused-ring (bicyclic) bond motifs is 1. The van der Waals surface area contributed by atoms with Crippen LogP contribution >= 0.6 is 0 Å². The second kappa shape index (κ2) is 5.99. The van der Waals surface area contributed by atoms with Crippen LogP contribution in [0.15, 0.2) is 18.2 Å². The van der Waals surface area contributed by atoms with Gasteiger partial charge in [-0.25, -0.2) is 4.79 Å². The highest BCUT2D eigenvalue weighted by Crippen LogP contribution is 2.38. The predicted molar refractivity (Wildman–Crippen MR) is 102 cm³/mol. The number of hydrogen-bond donors (Lipinski definition) is 0. The first-order valence-corrected chi connectivity index (χ1v) is 9.29. The average molecular weight is 359 g/mol. The molecule has 2 aliphatic rings. The molecular formula is C20H30BNO4. The summed E-state index contributed by atoms with van der Waals surface area (Å²) in [5, 5.41) is 0. The molecule has 0 unspecified atom stereocenters. The smallest absolute Gasteiger partial charge is 0.444 e. The molecule has 1 aromatic carbocycles. The van der Waals surface area contributed by atoms with Gasteiger partial charge in [0.15, 0.2) is 0 Å². The third kappa shape index (κ3) is 3.37. The molecule has 1 atom stereocenters. The molecule has 1 fully saturated rings. The van der Waals surface area contributed by atoms with E-state index >= 15 is 0 Å². The van der Waals surface area contributed by atoms with Gasteiger partial charge >= 0.3 is 13.2 Å². The Morgan fingerprint density at radius 2 is 1.77 bits per heavy atom. The van der Waals surface area contributed by atoms with E-state index in [0.717, 1.165) is 16.6 Å². The first-order chi connectivity index (χ1) is 11.8. The van der Waals surface area contributed by atoms with Crippen molar-refractivity contribution < 1.29 is 18.8 Å². The van der Waals surface area contributed by atoms with E-state index < -0.39 is 12.7 Å². The van der Waals surface area contributed by atoms with Gasteiger partial charge in [-0.05, 0) is 72.0 Å². The van der Waals surface area contributed by atoms with Gasteiger partial charge in [-0.2, -0.15) is 0 Å². The lowest BCUT2D eigenvalue weighted by Gasteiger charge is -2.32. The maximum Gasteiger partial charge on any atom is 0.494 e. The summed E-state index contributed by atoms with van der Waals surface area (Å²) in [6.45, 7) is 16.4. The van der Waals surface area contributed by atoms with Gasteiger partial charge in [-0.15, -0.1) is 0 Å². The van der Waals surface area contributed by atoms with Crippen molar-refractivity contribution >= 4 is 18.7 Å². The SMILES string of the molecule is C[C@@H]1c2ccc(B3OC(C)(C)C(C)(C)O3)cc2CN1C(=O)OC(C)(C)C. The van der Waals surface area contributed by atoms with Crippen LogP contribution < -0.4 is 5.46 Å². The van der Waals surface area contributed by atoms with Crippen LogP contribution in [0.5, 0.6) is 0 Å². The summed E-state index contributed by atoms with van der Waals surface area (Å²) >= 11 is 0. The number of benzene rings is 1. The second-order valence-corrected chi connectivity index (χ2v) is 9.33. The van der Waals surface area contributed by atoms with Gasteiger partial charge in [0.05, 0.1) is 17.2 Å². The third-order valence-electron chi connectivity index (χ3n) is 5.58. The zero-order valence-electron chi connectivity index (χ0n) is 17.2. The van der Waals surface area contributed by atoms with Crippen molar-refractivity contribution in [1.82, 2.24) is 4.90 Å². The highest BCUT2D eigenvalue weighted by molar-refractivity contribution is 6.62. The Kier molecular flexibility index (Phi) is 4.44. The summed E-state index contributed by atoms with van der Waals surface area (Å²) in [7, 11) is -0.392. The zero-order valence-corrected chi connectivity index (χ0v) is 17.2. The largest absolute Gasteiger partial charge is 0.494 e. The molecule has 2 heterocycles. The van der Waals surface area contributed by atoms with E-state index in [1.807, 2.05) is 61.5 Å². The molecule has 2 aliphatic heterocycles. The van der Waals surface area contributed by atoms with Gasteiger partial charge in [0.25, 0.3) is 0 Å². The van der Waals surface area contributed by atoms with Crippen LogP contribution in [0.4, 0.5) is 4.79 Å². The lowest BCUT2D eigenvalue weighted by atomic mass is 9.77. The molecule has 0 bridgehead atoms. The van der Waals surface area contributed by atoms with Crippen molar-refractivity contribution in [2.45, 2.75) is 84.8 Å². The highest BCUT2D eigenvalue weighted by atomic mass is 16.7. The minimum Gasteiger partial charge on any atom is -0.444 e. The molecule has 5 nitrogen and oxygen atoms in total. The zero-order chi connectivity index (χ0) is 19.5. The molecule has 26 heavy (non-hydrogen) atoms. The lowest BCUT2D eigenvalue weighted by Crippen LogP contribution is -2.41. The number of nitrogens with zero attached hydrogens (tertiary/aromatic N) is 1. The van der Waals surface area contributed by atoms with Crippen LogP contribution in [-0.4, -0.2) is 34.9 Å². The normalized spacial score (nSPS) is 23.9. The summed E-state index contributed by atoms with van der Waals surface area (Å²) in [6, 6.07) is 6.20. The van der Waals surface area contributed by atoms with Crippen LogP contribution in [0.1, 0.15) is 72.6 Å². The Hall–Kier alpha value is -1.53. The Bertz CT molecular complexity index is 707. The standard InChI is InChI=1S/C20H30BNO4/c1-13-16-10-9-15(21-25-19(5,6)20(7,8)26-21)11-14(16)12-22(13)17(23)24-18(2,3)4/h9-11,13H,12H2,1-8H3/t13-/m1/s1. The van der Waals surface area contributed by atoms with Crippen LogP contribution in [0, 0.1) is 0 Å². The van der Waals surface area contributed by atoms with Gasteiger partial charge < -0.3 is 14.0 Å². The summed E-state index contributed by atoms with van der Waals surface area (Å²) in [6.07, 6.45) is -0.279. The Balaban J connectivity index is 1.80. The molecule has 1 amide bonds. The summed E-state index contributed by atoms with van der Waals surface area (Å²) < 4.78 is 17.8. The average Bonchev–Trinajstić information content (AvgIpc) is 2.91. The molecule has 0 N–H and O–H groups in total. The Labute approximate surface area is 157 Å². The molecule has 1 saturated heterocycles. The molecule has 142 valence electrons. The summed E-state index contributed by atoms with van der Waals surface area (Å²) in [5.74, 6) is 0. The van der Waals surface area contributed by atoms with E-state index in [-0.39, 0.29) is 23.3 Å². The molecule has 6 heteroatoms. The fourth-order valence-corrected chi connectivity index (χ4v) is 3.33. The van der Waals surface area contributed by atoms with Crippen LogP contribution in [0.2, 0.25) is 0 Å². The minimum absolute atomic E-state index is 0.00723.